The van der Waals surface area contributed by atoms with Crippen LogP contribution in [0.3, 0.4) is 0 Å². The maximum atomic E-state index is 12.0. The van der Waals surface area contributed by atoms with Gasteiger partial charge in [-0.15, -0.1) is 0 Å². The molecule has 0 aromatic heterocycles. The van der Waals surface area contributed by atoms with Crippen molar-refractivity contribution in [3.05, 3.63) is 24.3 Å². The van der Waals surface area contributed by atoms with Crippen molar-refractivity contribution in [3.63, 3.8) is 0 Å². The molecule has 0 aliphatic heterocycles. The lowest BCUT2D eigenvalue weighted by Gasteiger charge is -2.16. The number of hydrogen-bond donors (Lipinski definition) is 2. The zero-order chi connectivity index (χ0) is 27.5. The van der Waals surface area contributed by atoms with Gasteiger partial charge in [0.05, 0.1) is 12.7 Å². The van der Waals surface area contributed by atoms with E-state index in [1.165, 1.54) is 83.5 Å². The quantitative estimate of drug-likeness (QED) is 0.111. The predicted molar refractivity (Wildman–Crippen MR) is 160 cm³/mol. The van der Waals surface area contributed by atoms with E-state index in [0.717, 1.165) is 50.9 Å². The summed E-state index contributed by atoms with van der Waals surface area (Å²) in [6.07, 6.45) is 24.9. The van der Waals surface area contributed by atoms with Crippen molar-refractivity contribution in [2.45, 2.75) is 148 Å². The highest BCUT2D eigenvalue weighted by atomic mass is 16.5. The summed E-state index contributed by atoms with van der Waals surface area (Å²) in [6.45, 7) is 6.54. The summed E-state index contributed by atoms with van der Waals surface area (Å²) >= 11 is 0. The molecule has 0 radical (unpaired) electrons. The van der Waals surface area contributed by atoms with Crippen LogP contribution in [0.1, 0.15) is 142 Å². The first-order chi connectivity index (χ1) is 18.7. The summed E-state index contributed by atoms with van der Waals surface area (Å²) in [5.74, 6) is 1.13. The van der Waals surface area contributed by atoms with Crippen molar-refractivity contribution >= 4 is 5.91 Å². The second-order valence-corrected chi connectivity index (χ2v) is 10.8. The number of carbonyl (C=O) groups is 1. The van der Waals surface area contributed by atoms with E-state index < -0.39 is 0 Å². The SMILES string of the molecule is CCCCCCCCCCCCCCCC(CC)OCCCNC(=O)CCCCCOc1ccc(O)cc1. The van der Waals surface area contributed by atoms with Crippen molar-refractivity contribution in [1.29, 1.82) is 0 Å². The van der Waals surface area contributed by atoms with Gasteiger partial charge in [-0.1, -0.05) is 97.3 Å². The molecule has 1 aromatic carbocycles. The summed E-state index contributed by atoms with van der Waals surface area (Å²) in [4.78, 5) is 12.0. The van der Waals surface area contributed by atoms with Gasteiger partial charge >= 0.3 is 0 Å². The third kappa shape index (κ3) is 21.2. The highest BCUT2D eigenvalue weighted by Crippen LogP contribution is 2.17. The van der Waals surface area contributed by atoms with Crippen molar-refractivity contribution in [3.8, 4) is 11.5 Å². The molecule has 1 atom stereocenters. The molecule has 1 rings (SSSR count). The maximum absolute atomic E-state index is 12.0. The number of phenols is 1. The van der Waals surface area contributed by atoms with Crippen molar-refractivity contribution in [2.24, 2.45) is 0 Å². The summed E-state index contributed by atoms with van der Waals surface area (Å²) in [5.41, 5.74) is 0. The standard InChI is InChI=1S/C33H59NO4/c1-3-5-6-7-8-9-10-11-12-13-14-15-17-21-31(4-2)37-29-20-27-34-33(36)22-18-16-19-28-38-32-25-23-30(35)24-26-32/h23-26,31,35H,3-22,27-29H2,1-2H3,(H,34,36). The van der Waals surface area contributed by atoms with Crippen LogP contribution in [0, 0.1) is 0 Å². The number of nitrogens with one attached hydrogen (secondary N) is 1. The Hall–Kier alpha value is -1.75. The third-order valence-corrected chi connectivity index (χ3v) is 7.24. The molecule has 1 aromatic rings. The molecule has 38 heavy (non-hydrogen) atoms. The van der Waals surface area contributed by atoms with E-state index >= 15 is 0 Å². The molecule has 0 aliphatic carbocycles. The summed E-state index contributed by atoms with van der Waals surface area (Å²) < 4.78 is 11.7. The average molecular weight is 534 g/mol. The summed E-state index contributed by atoms with van der Waals surface area (Å²) in [7, 11) is 0. The van der Waals surface area contributed by atoms with Gasteiger partial charge in [0.1, 0.15) is 11.5 Å². The van der Waals surface area contributed by atoms with Crippen LogP contribution in [0.5, 0.6) is 11.5 Å². The Morgan fingerprint density at radius 3 is 1.92 bits per heavy atom. The Kier molecular flexibility index (Phi) is 23.0. The zero-order valence-corrected chi connectivity index (χ0v) is 24.8. The zero-order valence-electron chi connectivity index (χ0n) is 24.8. The molecule has 0 fully saturated rings. The normalized spacial score (nSPS) is 11.9. The Morgan fingerprint density at radius 1 is 0.737 bits per heavy atom. The fourth-order valence-electron chi connectivity index (χ4n) is 4.73. The summed E-state index contributed by atoms with van der Waals surface area (Å²) in [5, 5.41) is 12.3. The van der Waals surface area contributed by atoms with Crippen molar-refractivity contribution in [2.75, 3.05) is 19.8 Å². The number of rotatable bonds is 27. The van der Waals surface area contributed by atoms with Gasteiger partial charge in [0, 0.05) is 19.6 Å². The van der Waals surface area contributed by atoms with Gasteiger partial charge < -0.3 is 19.9 Å². The van der Waals surface area contributed by atoms with Gasteiger partial charge in [0.15, 0.2) is 0 Å². The van der Waals surface area contributed by atoms with E-state index in [2.05, 4.69) is 19.2 Å². The Bertz CT molecular complexity index is 649. The molecule has 0 heterocycles. The van der Waals surface area contributed by atoms with Crippen LogP contribution >= 0.6 is 0 Å². The monoisotopic (exact) mass is 533 g/mol. The average Bonchev–Trinajstić information content (AvgIpc) is 2.92. The van der Waals surface area contributed by atoms with Crippen LogP contribution in [0.4, 0.5) is 0 Å². The first-order valence-electron chi connectivity index (χ1n) is 16.0. The largest absolute Gasteiger partial charge is 0.508 e. The van der Waals surface area contributed by atoms with Crippen molar-refractivity contribution in [1.82, 2.24) is 5.32 Å². The number of benzene rings is 1. The molecule has 0 bridgehead atoms. The fourth-order valence-corrected chi connectivity index (χ4v) is 4.73. The van der Waals surface area contributed by atoms with E-state index in [0.29, 0.717) is 25.7 Å². The topological polar surface area (TPSA) is 67.8 Å². The molecular weight excluding hydrogens is 474 g/mol. The number of amides is 1. The van der Waals surface area contributed by atoms with Gasteiger partial charge in [0.25, 0.3) is 0 Å². The van der Waals surface area contributed by atoms with E-state index in [1.54, 1.807) is 24.3 Å². The van der Waals surface area contributed by atoms with Crippen molar-refractivity contribution < 1.29 is 19.4 Å². The Balaban J connectivity index is 1.85. The van der Waals surface area contributed by atoms with Crippen LogP contribution in [0.25, 0.3) is 0 Å². The highest BCUT2D eigenvalue weighted by molar-refractivity contribution is 5.75. The van der Waals surface area contributed by atoms with Gasteiger partial charge in [-0.2, -0.15) is 0 Å². The first kappa shape index (κ1) is 34.3. The van der Waals surface area contributed by atoms with Crippen LogP contribution < -0.4 is 10.1 Å². The van der Waals surface area contributed by atoms with E-state index in [9.17, 15) is 9.90 Å². The van der Waals surface area contributed by atoms with Crippen LogP contribution in [-0.4, -0.2) is 36.9 Å². The Labute approximate surface area is 234 Å². The lowest BCUT2D eigenvalue weighted by molar-refractivity contribution is -0.121. The van der Waals surface area contributed by atoms with E-state index in [1.807, 2.05) is 0 Å². The van der Waals surface area contributed by atoms with Crippen LogP contribution in [-0.2, 0) is 9.53 Å². The van der Waals surface area contributed by atoms with Crippen LogP contribution in [0.15, 0.2) is 24.3 Å². The lowest BCUT2D eigenvalue weighted by atomic mass is 10.0. The minimum absolute atomic E-state index is 0.128. The Morgan fingerprint density at radius 2 is 1.32 bits per heavy atom. The molecule has 0 spiro atoms. The number of hydrogen-bond acceptors (Lipinski definition) is 4. The number of ether oxygens (including phenoxy) is 2. The van der Waals surface area contributed by atoms with E-state index in [4.69, 9.17) is 9.47 Å². The molecule has 5 heteroatoms. The maximum Gasteiger partial charge on any atom is 0.219 e. The minimum Gasteiger partial charge on any atom is -0.508 e. The molecule has 220 valence electrons. The second kappa shape index (κ2) is 25.5. The minimum atomic E-state index is 0.128. The number of unbranched alkanes of at least 4 members (excludes halogenated alkanes) is 14. The fraction of sp³-hybridized carbons (Fsp3) is 0.788. The van der Waals surface area contributed by atoms with Gasteiger partial charge in [0.2, 0.25) is 5.91 Å². The highest BCUT2D eigenvalue weighted by Gasteiger charge is 2.07. The molecule has 0 aliphatic rings. The molecule has 1 unspecified atom stereocenters. The summed E-state index contributed by atoms with van der Waals surface area (Å²) in [6, 6.07) is 6.76. The molecule has 0 saturated carbocycles. The van der Waals surface area contributed by atoms with Gasteiger partial charge in [-0.05, 0) is 62.8 Å². The second-order valence-electron chi connectivity index (χ2n) is 10.8. The van der Waals surface area contributed by atoms with Gasteiger partial charge in [-0.25, -0.2) is 0 Å². The number of phenolic OH excluding ortho intramolecular Hbond substituents is 1. The molecule has 5 nitrogen and oxygen atoms in total. The third-order valence-electron chi connectivity index (χ3n) is 7.24. The van der Waals surface area contributed by atoms with Gasteiger partial charge in [-0.3, -0.25) is 4.79 Å². The molecule has 1 amide bonds. The molecular formula is C33H59NO4. The number of carbonyl (C=O) groups excluding carboxylic acids is 1. The predicted octanol–water partition coefficient (Wildman–Crippen LogP) is 9.11. The number of aromatic hydroxyl groups is 1. The first-order valence-corrected chi connectivity index (χ1v) is 16.0. The van der Waals surface area contributed by atoms with Crippen LogP contribution in [0.2, 0.25) is 0 Å². The van der Waals surface area contributed by atoms with E-state index in [-0.39, 0.29) is 11.7 Å². The molecule has 0 saturated heterocycles. The molecule has 2 N–H and O–H groups in total. The smallest absolute Gasteiger partial charge is 0.219 e. The lowest BCUT2D eigenvalue weighted by Crippen LogP contribution is -2.25.